The van der Waals surface area contributed by atoms with Crippen LogP contribution in [0.2, 0.25) is 10.3 Å². The van der Waals surface area contributed by atoms with Crippen molar-refractivity contribution in [2.75, 3.05) is 31.1 Å². The summed E-state index contributed by atoms with van der Waals surface area (Å²) in [7, 11) is 0. The SMILES string of the molecule is CCN1CCN(c2nc(Cl)ncc2Cl)CC1C. The minimum atomic E-state index is 0.245. The standard InChI is InChI=1S/C11H16Cl2N4/c1-3-16-4-5-17(7-8(16)2)10-9(12)6-14-11(13)15-10/h6,8H,3-5,7H2,1-2H3. The number of likely N-dealkylation sites (N-methyl/N-ethyl adjacent to an activating group) is 1. The molecule has 1 atom stereocenters. The summed E-state index contributed by atoms with van der Waals surface area (Å²) in [5.41, 5.74) is 0. The van der Waals surface area contributed by atoms with Gasteiger partial charge in [0.05, 0.1) is 6.20 Å². The predicted molar refractivity (Wildman–Crippen MR) is 71.0 cm³/mol. The summed E-state index contributed by atoms with van der Waals surface area (Å²) in [5, 5.41) is 0.807. The van der Waals surface area contributed by atoms with Gasteiger partial charge in [-0.25, -0.2) is 4.98 Å². The van der Waals surface area contributed by atoms with Crippen LogP contribution in [0.3, 0.4) is 0 Å². The molecular weight excluding hydrogens is 259 g/mol. The van der Waals surface area contributed by atoms with Gasteiger partial charge in [-0.15, -0.1) is 0 Å². The zero-order valence-corrected chi connectivity index (χ0v) is 11.5. The van der Waals surface area contributed by atoms with E-state index < -0.39 is 0 Å². The summed E-state index contributed by atoms with van der Waals surface area (Å²) in [6.45, 7) is 8.34. The average Bonchev–Trinajstić information content (AvgIpc) is 2.32. The maximum absolute atomic E-state index is 6.11. The molecule has 0 aromatic carbocycles. The van der Waals surface area contributed by atoms with Crippen LogP contribution in [0.25, 0.3) is 0 Å². The molecule has 1 aromatic heterocycles. The number of hydrogen-bond donors (Lipinski definition) is 0. The molecular formula is C11H16Cl2N4. The molecule has 0 bridgehead atoms. The van der Waals surface area contributed by atoms with Gasteiger partial charge >= 0.3 is 0 Å². The fraction of sp³-hybridized carbons (Fsp3) is 0.636. The van der Waals surface area contributed by atoms with Gasteiger partial charge in [0, 0.05) is 25.7 Å². The molecule has 94 valence electrons. The lowest BCUT2D eigenvalue weighted by molar-refractivity contribution is 0.199. The molecule has 0 N–H and O–H groups in total. The van der Waals surface area contributed by atoms with Crippen LogP contribution < -0.4 is 4.90 Å². The molecule has 1 unspecified atom stereocenters. The van der Waals surface area contributed by atoms with E-state index in [1.165, 1.54) is 0 Å². The molecule has 17 heavy (non-hydrogen) atoms. The molecule has 0 amide bonds. The summed E-state index contributed by atoms with van der Waals surface area (Å²) < 4.78 is 0. The van der Waals surface area contributed by atoms with Crippen molar-refractivity contribution in [1.82, 2.24) is 14.9 Å². The molecule has 2 heterocycles. The molecule has 1 saturated heterocycles. The molecule has 0 aliphatic carbocycles. The lowest BCUT2D eigenvalue weighted by Gasteiger charge is -2.40. The Labute approximate surface area is 112 Å². The first-order valence-corrected chi connectivity index (χ1v) is 6.54. The van der Waals surface area contributed by atoms with Gasteiger partial charge < -0.3 is 4.90 Å². The fourth-order valence-electron chi connectivity index (χ4n) is 2.22. The minimum absolute atomic E-state index is 0.245. The van der Waals surface area contributed by atoms with Gasteiger partial charge in [-0.05, 0) is 25.1 Å². The molecule has 0 spiro atoms. The molecule has 1 aromatic rings. The van der Waals surface area contributed by atoms with Crippen LogP contribution in [-0.4, -0.2) is 47.1 Å². The van der Waals surface area contributed by atoms with Crippen molar-refractivity contribution in [2.45, 2.75) is 19.9 Å². The van der Waals surface area contributed by atoms with Crippen molar-refractivity contribution in [3.05, 3.63) is 16.5 Å². The number of rotatable bonds is 2. The van der Waals surface area contributed by atoms with E-state index in [-0.39, 0.29) is 5.28 Å². The molecule has 1 aliphatic heterocycles. The second kappa shape index (κ2) is 5.38. The largest absolute Gasteiger partial charge is 0.352 e. The molecule has 0 saturated carbocycles. The Morgan fingerprint density at radius 3 is 2.82 bits per heavy atom. The Morgan fingerprint density at radius 1 is 1.41 bits per heavy atom. The lowest BCUT2D eigenvalue weighted by atomic mass is 10.2. The van der Waals surface area contributed by atoms with E-state index in [1.807, 2.05) is 0 Å². The van der Waals surface area contributed by atoms with E-state index in [2.05, 4.69) is 33.6 Å². The van der Waals surface area contributed by atoms with E-state index in [0.717, 1.165) is 32.0 Å². The van der Waals surface area contributed by atoms with E-state index in [9.17, 15) is 0 Å². The monoisotopic (exact) mass is 274 g/mol. The third kappa shape index (κ3) is 2.81. The van der Waals surface area contributed by atoms with Crippen molar-refractivity contribution in [1.29, 1.82) is 0 Å². The number of anilines is 1. The number of aromatic nitrogens is 2. The Hall–Kier alpha value is -0.580. The first-order valence-electron chi connectivity index (χ1n) is 5.79. The average molecular weight is 275 g/mol. The van der Waals surface area contributed by atoms with Gasteiger partial charge in [0.1, 0.15) is 5.02 Å². The van der Waals surface area contributed by atoms with Crippen molar-refractivity contribution in [3.63, 3.8) is 0 Å². The first kappa shape index (κ1) is 12.9. The highest BCUT2D eigenvalue weighted by Crippen LogP contribution is 2.25. The number of nitrogens with zero attached hydrogens (tertiary/aromatic N) is 4. The Morgan fingerprint density at radius 2 is 2.18 bits per heavy atom. The zero-order valence-electron chi connectivity index (χ0n) is 10.0. The van der Waals surface area contributed by atoms with Gasteiger partial charge in [-0.1, -0.05) is 18.5 Å². The maximum Gasteiger partial charge on any atom is 0.224 e. The van der Waals surface area contributed by atoms with Crippen LogP contribution in [0, 0.1) is 0 Å². The topological polar surface area (TPSA) is 32.3 Å². The normalized spacial score (nSPS) is 21.9. The fourth-order valence-corrected chi connectivity index (χ4v) is 2.56. The van der Waals surface area contributed by atoms with E-state index >= 15 is 0 Å². The predicted octanol–water partition coefficient (Wildman–Crippen LogP) is 2.31. The van der Waals surface area contributed by atoms with E-state index in [0.29, 0.717) is 11.1 Å². The molecule has 2 rings (SSSR count). The maximum atomic E-state index is 6.11. The third-order valence-electron chi connectivity index (χ3n) is 3.17. The zero-order chi connectivity index (χ0) is 12.4. The van der Waals surface area contributed by atoms with Gasteiger partial charge in [0.15, 0.2) is 5.82 Å². The Balaban J connectivity index is 2.16. The van der Waals surface area contributed by atoms with Gasteiger partial charge in [0.25, 0.3) is 0 Å². The number of piperazine rings is 1. The van der Waals surface area contributed by atoms with Crippen molar-refractivity contribution < 1.29 is 0 Å². The quantitative estimate of drug-likeness (QED) is 0.775. The Kier molecular flexibility index (Phi) is 4.07. The summed E-state index contributed by atoms with van der Waals surface area (Å²) >= 11 is 11.9. The van der Waals surface area contributed by atoms with Crippen LogP contribution in [0.15, 0.2) is 6.20 Å². The summed E-state index contributed by atoms with van der Waals surface area (Å²) in [6.07, 6.45) is 1.56. The highest BCUT2D eigenvalue weighted by Gasteiger charge is 2.24. The van der Waals surface area contributed by atoms with E-state index in [1.54, 1.807) is 6.20 Å². The summed E-state index contributed by atoms with van der Waals surface area (Å²) in [6, 6.07) is 0.499. The third-order valence-corrected chi connectivity index (χ3v) is 3.62. The summed E-state index contributed by atoms with van der Waals surface area (Å²) in [5.74, 6) is 0.745. The highest BCUT2D eigenvalue weighted by atomic mass is 35.5. The second-order valence-corrected chi connectivity index (χ2v) is 4.98. The molecule has 4 nitrogen and oxygen atoms in total. The lowest BCUT2D eigenvalue weighted by Crippen LogP contribution is -2.52. The van der Waals surface area contributed by atoms with Gasteiger partial charge in [-0.2, -0.15) is 4.98 Å². The van der Waals surface area contributed by atoms with Gasteiger partial charge in [0.2, 0.25) is 5.28 Å². The van der Waals surface area contributed by atoms with E-state index in [4.69, 9.17) is 23.2 Å². The van der Waals surface area contributed by atoms with Crippen molar-refractivity contribution in [2.24, 2.45) is 0 Å². The van der Waals surface area contributed by atoms with Crippen molar-refractivity contribution >= 4 is 29.0 Å². The first-order chi connectivity index (χ1) is 8.11. The molecule has 1 aliphatic rings. The van der Waals surface area contributed by atoms with Crippen LogP contribution in [0.4, 0.5) is 5.82 Å². The minimum Gasteiger partial charge on any atom is -0.352 e. The molecule has 6 heteroatoms. The second-order valence-electron chi connectivity index (χ2n) is 4.23. The highest BCUT2D eigenvalue weighted by molar-refractivity contribution is 6.33. The van der Waals surface area contributed by atoms with Crippen molar-refractivity contribution in [3.8, 4) is 0 Å². The van der Waals surface area contributed by atoms with Crippen LogP contribution >= 0.6 is 23.2 Å². The van der Waals surface area contributed by atoms with Crippen LogP contribution in [-0.2, 0) is 0 Å². The number of hydrogen-bond acceptors (Lipinski definition) is 4. The molecule has 1 fully saturated rings. The number of halogens is 2. The summed E-state index contributed by atoms with van der Waals surface area (Å²) in [4.78, 5) is 12.7. The van der Waals surface area contributed by atoms with Crippen LogP contribution in [0.1, 0.15) is 13.8 Å². The molecule has 0 radical (unpaired) electrons. The van der Waals surface area contributed by atoms with Gasteiger partial charge in [-0.3, -0.25) is 4.90 Å². The smallest absolute Gasteiger partial charge is 0.224 e. The van der Waals surface area contributed by atoms with Crippen LogP contribution in [0.5, 0.6) is 0 Å². The Bertz CT molecular complexity index is 399.